The van der Waals surface area contributed by atoms with E-state index >= 15 is 0 Å². The van der Waals surface area contributed by atoms with Gasteiger partial charge in [-0.25, -0.2) is 4.79 Å². The van der Waals surface area contributed by atoms with Gasteiger partial charge in [0.2, 0.25) is 0 Å². The van der Waals surface area contributed by atoms with Crippen LogP contribution in [0.25, 0.3) is 0 Å². The highest BCUT2D eigenvalue weighted by molar-refractivity contribution is 5.96. The molecule has 0 fully saturated rings. The highest BCUT2D eigenvalue weighted by atomic mass is 16.4. The van der Waals surface area contributed by atoms with Crippen molar-refractivity contribution < 1.29 is 14.7 Å². The van der Waals surface area contributed by atoms with Crippen molar-refractivity contribution in [1.29, 1.82) is 0 Å². The average Bonchev–Trinajstić information content (AvgIpc) is 2.28. The van der Waals surface area contributed by atoms with E-state index in [9.17, 15) is 9.59 Å². The average molecular weight is 233 g/mol. The quantitative estimate of drug-likeness (QED) is 0.762. The molecule has 0 spiro atoms. The zero-order valence-corrected chi connectivity index (χ0v) is 9.64. The number of rotatable bonds is 5. The standard InChI is InChI=1S/C13H15NO3/c1-9(2)8-11(13(16)17)14-12(15)10-6-4-3-5-7-10/h3-7,11H,1,8H2,2H3,(H,14,15)(H,16,17)/t11-/m1/s1. The lowest BCUT2D eigenvalue weighted by atomic mass is 10.1. The fraction of sp³-hybridized carbons (Fsp3) is 0.231. The first-order chi connectivity index (χ1) is 8.00. The Bertz CT molecular complexity index is 426. The van der Waals surface area contributed by atoms with Gasteiger partial charge in [0.05, 0.1) is 0 Å². The van der Waals surface area contributed by atoms with E-state index in [-0.39, 0.29) is 12.3 Å². The number of aliphatic carboxylic acids is 1. The van der Waals surface area contributed by atoms with Crippen molar-refractivity contribution in [1.82, 2.24) is 5.32 Å². The van der Waals surface area contributed by atoms with Crippen LogP contribution in [0, 0.1) is 0 Å². The van der Waals surface area contributed by atoms with E-state index in [2.05, 4.69) is 11.9 Å². The Morgan fingerprint density at radius 2 is 1.94 bits per heavy atom. The minimum atomic E-state index is -1.06. The number of amides is 1. The van der Waals surface area contributed by atoms with Gasteiger partial charge in [-0.1, -0.05) is 23.8 Å². The maximum Gasteiger partial charge on any atom is 0.326 e. The van der Waals surface area contributed by atoms with Gasteiger partial charge in [0.15, 0.2) is 0 Å². The first-order valence-corrected chi connectivity index (χ1v) is 5.24. The molecule has 0 heterocycles. The largest absolute Gasteiger partial charge is 0.480 e. The lowest BCUT2D eigenvalue weighted by Gasteiger charge is -2.14. The molecule has 0 saturated carbocycles. The van der Waals surface area contributed by atoms with Crippen molar-refractivity contribution in [2.24, 2.45) is 0 Å². The van der Waals surface area contributed by atoms with Gasteiger partial charge in [-0.2, -0.15) is 0 Å². The number of hydrogen-bond acceptors (Lipinski definition) is 2. The van der Waals surface area contributed by atoms with Gasteiger partial charge < -0.3 is 10.4 Å². The molecule has 0 radical (unpaired) electrons. The summed E-state index contributed by atoms with van der Waals surface area (Å²) in [7, 11) is 0. The number of carboxylic acid groups (broad SMARTS) is 1. The molecule has 1 atom stereocenters. The monoisotopic (exact) mass is 233 g/mol. The summed E-state index contributed by atoms with van der Waals surface area (Å²) in [6.45, 7) is 5.37. The highest BCUT2D eigenvalue weighted by Gasteiger charge is 2.20. The van der Waals surface area contributed by atoms with Crippen molar-refractivity contribution in [3.8, 4) is 0 Å². The molecular weight excluding hydrogens is 218 g/mol. The van der Waals surface area contributed by atoms with Crippen LogP contribution in [-0.4, -0.2) is 23.0 Å². The predicted octanol–water partition coefficient (Wildman–Crippen LogP) is 1.84. The van der Waals surface area contributed by atoms with Gasteiger partial charge in [0.25, 0.3) is 5.91 Å². The van der Waals surface area contributed by atoms with E-state index < -0.39 is 12.0 Å². The second-order valence-corrected chi connectivity index (χ2v) is 3.89. The zero-order valence-electron chi connectivity index (χ0n) is 9.64. The van der Waals surface area contributed by atoms with E-state index in [4.69, 9.17) is 5.11 Å². The normalized spacial score (nSPS) is 11.6. The summed E-state index contributed by atoms with van der Waals surface area (Å²) in [6, 6.07) is 7.58. The number of carboxylic acids is 1. The Morgan fingerprint density at radius 3 is 2.41 bits per heavy atom. The molecule has 90 valence electrons. The summed E-state index contributed by atoms with van der Waals surface area (Å²) in [4.78, 5) is 22.7. The number of hydrogen-bond donors (Lipinski definition) is 2. The number of nitrogens with one attached hydrogen (secondary N) is 1. The van der Waals surface area contributed by atoms with Crippen LogP contribution in [0.3, 0.4) is 0 Å². The number of benzene rings is 1. The molecule has 0 aliphatic carbocycles. The predicted molar refractivity (Wildman–Crippen MR) is 64.8 cm³/mol. The Morgan fingerprint density at radius 1 is 1.35 bits per heavy atom. The molecule has 1 amide bonds. The summed E-state index contributed by atoms with van der Waals surface area (Å²) >= 11 is 0. The molecule has 1 aromatic carbocycles. The van der Waals surface area contributed by atoms with Gasteiger partial charge in [-0.3, -0.25) is 4.79 Å². The molecule has 0 aliphatic rings. The van der Waals surface area contributed by atoms with Crippen molar-refractivity contribution in [2.75, 3.05) is 0 Å². The lowest BCUT2D eigenvalue weighted by molar-refractivity contribution is -0.139. The van der Waals surface area contributed by atoms with Crippen LogP contribution in [0.5, 0.6) is 0 Å². The van der Waals surface area contributed by atoms with Gasteiger partial charge >= 0.3 is 5.97 Å². The van der Waals surface area contributed by atoms with Gasteiger partial charge in [-0.15, -0.1) is 6.58 Å². The van der Waals surface area contributed by atoms with Crippen molar-refractivity contribution in [2.45, 2.75) is 19.4 Å². The summed E-state index contributed by atoms with van der Waals surface area (Å²) < 4.78 is 0. The molecule has 2 N–H and O–H groups in total. The summed E-state index contributed by atoms with van der Waals surface area (Å²) in [6.07, 6.45) is 0.230. The topological polar surface area (TPSA) is 66.4 Å². The Balaban J connectivity index is 2.71. The van der Waals surface area contributed by atoms with Crippen LogP contribution >= 0.6 is 0 Å². The number of carbonyl (C=O) groups excluding carboxylic acids is 1. The smallest absolute Gasteiger partial charge is 0.326 e. The van der Waals surface area contributed by atoms with E-state index in [1.54, 1.807) is 37.3 Å². The Kier molecular flexibility index (Phi) is 4.46. The van der Waals surface area contributed by atoms with Crippen molar-refractivity contribution >= 4 is 11.9 Å². The van der Waals surface area contributed by atoms with Gasteiger partial charge in [-0.05, 0) is 25.5 Å². The van der Waals surface area contributed by atoms with Crippen molar-refractivity contribution in [3.05, 3.63) is 48.0 Å². The van der Waals surface area contributed by atoms with E-state index in [0.717, 1.165) is 0 Å². The third-order valence-electron chi connectivity index (χ3n) is 2.19. The minimum Gasteiger partial charge on any atom is -0.480 e. The van der Waals surface area contributed by atoms with Crippen LogP contribution in [0.2, 0.25) is 0 Å². The molecule has 4 nitrogen and oxygen atoms in total. The highest BCUT2D eigenvalue weighted by Crippen LogP contribution is 2.05. The molecule has 0 unspecified atom stereocenters. The maximum atomic E-state index is 11.7. The fourth-order valence-electron chi connectivity index (χ4n) is 1.38. The van der Waals surface area contributed by atoms with E-state index in [1.807, 2.05) is 0 Å². The molecule has 0 bridgehead atoms. The second-order valence-electron chi connectivity index (χ2n) is 3.89. The number of carbonyl (C=O) groups is 2. The minimum absolute atomic E-state index is 0.230. The first kappa shape index (κ1) is 13.0. The summed E-state index contributed by atoms with van der Waals surface area (Å²) in [5, 5.41) is 11.4. The van der Waals surface area contributed by atoms with Crippen LogP contribution in [0.4, 0.5) is 0 Å². The van der Waals surface area contributed by atoms with Crippen LogP contribution in [0.15, 0.2) is 42.5 Å². The Hall–Kier alpha value is -2.10. The van der Waals surface area contributed by atoms with E-state index in [0.29, 0.717) is 11.1 Å². The summed E-state index contributed by atoms with van der Waals surface area (Å²) in [5.74, 6) is -1.45. The summed E-state index contributed by atoms with van der Waals surface area (Å²) in [5.41, 5.74) is 1.16. The zero-order chi connectivity index (χ0) is 12.8. The molecule has 1 rings (SSSR count). The Labute approximate surface area is 100.0 Å². The third-order valence-corrected chi connectivity index (χ3v) is 2.19. The second kappa shape index (κ2) is 5.84. The third kappa shape index (κ3) is 4.10. The molecule has 0 aromatic heterocycles. The molecule has 1 aromatic rings. The van der Waals surface area contributed by atoms with Gasteiger partial charge in [0, 0.05) is 5.56 Å². The molecule has 0 aliphatic heterocycles. The van der Waals surface area contributed by atoms with Crippen LogP contribution < -0.4 is 5.32 Å². The van der Waals surface area contributed by atoms with Crippen molar-refractivity contribution in [3.63, 3.8) is 0 Å². The molecular formula is C13H15NO3. The molecule has 4 heteroatoms. The van der Waals surface area contributed by atoms with Crippen LogP contribution in [-0.2, 0) is 4.79 Å². The van der Waals surface area contributed by atoms with E-state index in [1.165, 1.54) is 0 Å². The SMILES string of the molecule is C=C(C)C[C@@H](NC(=O)c1ccccc1)C(=O)O. The van der Waals surface area contributed by atoms with Crippen LogP contribution in [0.1, 0.15) is 23.7 Å². The van der Waals surface area contributed by atoms with Gasteiger partial charge in [0.1, 0.15) is 6.04 Å². The molecule has 0 saturated heterocycles. The lowest BCUT2D eigenvalue weighted by Crippen LogP contribution is -2.40. The fourth-order valence-corrected chi connectivity index (χ4v) is 1.38. The first-order valence-electron chi connectivity index (χ1n) is 5.24. The maximum absolute atomic E-state index is 11.7. The molecule has 17 heavy (non-hydrogen) atoms.